The van der Waals surface area contributed by atoms with E-state index in [1.807, 2.05) is 0 Å². The molecule has 0 aliphatic heterocycles. The van der Waals surface area contributed by atoms with Crippen LogP contribution < -0.4 is 0 Å². The molecule has 0 rings (SSSR count). The van der Waals surface area contributed by atoms with Crippen LogP contribution in [-0.4, -0.2) is 47.0 Å². The predicted octanol–water partition coefficient (Wildman–Crippen LogP) is 1.68. The summed E-state index contributed by atoms with van der Waals surface area (Å²) in [7, 11) is 1.45. The number of carbonyl (C=O) groups is 4. The molecule has 0 bridgehead atoms. The van der Waals surface area contributed by atoms with Crippen LogP contribution in [0.25, 0.3) is 0 Å². The van der Waals surface area contributed by atoms with Crippen molar-refractivity contribution >= 4 is 23.6 Å². The fourth-order valence-corrected chi connectivity index (χ4v) is 0.889. The lowest BCUT2D eigenvalue weighted by molar-refractivity contribution is -0.142. The smallest absolute Gasteiger partial charge is 0.226 e. The molecule has 0 saturated heterocycles. The Balaban J connectivity index is -0.000000108. The molecule has 0 N–H and O–H groups in total. The molecule has 0 fully saturated rings. The van der Waals surface area contributed by atoms with Gasteiger partial charge in [0.1, 0.15) is 0 Å². The number of hydrogen-bond acceptors (Lipinski definition) is 4. The van der Waals surface area contributed by atoms with Crippen LogP contribution in [0.15, 0.2) is 0 Å². The van der Waals surface area contributed by atoms with E-state index in [9.17, 15) is 19.2 Å². The standard InChI is InChI=1S/C6H11NO2.C5H9NO2.2CH4/c1-4-7(5(2)8)6(3)9;1-4(7)6(3)5(2)8;;/h4H2,1-3H3;1-3H3;2*1H4. The normalized spacial score (nSPS) is 7.68. The lowest BCUT2D eigenvalue weighted by Crippen LogP contribution is -2.32. The molecule has 114 valence electrons. The van der Waals surface area contributed by atoms with Crippen molar-refractivity contribution in [3.05, 3.63) is 0 Å². The predicted molar refractivity (Wildman–Crippen MR) is 76.3 cm³/mol. The second-order valence-electron chi connectivity index (χ2n) is 3.38. The van der Waals surface area contributed by atoms with E-state index in [4.69, 9.17) is 0 Å². The summed E-state index contributed by atoms with van der Waals surface area (Å²) in [6.45, 7) is 7.69. The highest BCUT2D eigenvalue weighted by Crippen LogP contribution is 1.87. The summed E-state index contributed by atoms with van der Waals surface area (Å²) < 4.78 is 0. The van der Waals surface area contributed by atoms with E-state index < -0.39 is 0 Å². The van der Waals surface area contributed by atoms with E-state index in [0.717, 1.165) is 4.90 Å². The highest BCUT2D eigenvalue weighted by molar-refractivity contribution is 5.93. The first kappa shape index (κ1) is 26.0. The molecule has 0 saturated carbocycles. The van der Waals surface area contributed by atoms with E-state index in [2.05, 4.69) is 0 Å². The quantitative estimate of drug-likeness (QED) is 0.730. The molecule has 0 aliphatic carbocycles. The number of nitrogens with zero attached hydrogens (tertiary/aromatic N) is 2. The molecule has 0 aromatic rings. The first-order chi connectivity index (χ1) is 7.64. The van der Waals surface area contributed by atoms with Gasteiger partial charge in [0.2, 0.25) is 23.6 Å². The van der Waals surface area contributed by atoms with Crippen molar-refractivity contribution in [1.82, 2.24) is 9.80 Å². The van der Waals surface area contributed by atoms with E-state index in [0.29, 0.717) is 6.54 Å². The van der Waals surface area contributed by atoms with Crippen LogP contribution >= 0.6 is 0 Å². The van der Waals surface area contributed by atoms with Gasteiger partial charge < -0.3 is 0 Å². The third-order valence-corrected chi connectivity index (χ3v) is 2.02. The van der Waals surface area contributed by atoms with E-state index in [-0.39, 0.29) is 38.5 Å². The second-order valence-corrected chi connectivity index (χ2v) is 3.38. The average Bonchev–Trinajstić information content (AvgIpc) is 2.16. The Morgan fingerprint density at radius 2 is 1.00 bits per heavy atom. The lowest BCUT2D eigenvalue weighted by Gasteiger charge is -2.12. The van der Waals surface area contributed by atoms with Crippen LogP contribution in [0.5, 0.6) is 0 Å². The van der Waals surface area contributed by atoms with Gasteiger partial charge in [-0.25, -0.2) is 0 Å². The highest BCUT2D eigenvalue weighted by Gasteiger charge is 2.08. The number of carbonyl (C=O) groups excluding carboxylic acids is 4. The molecular formula is C13H28N2O4. The lowest BCUT2D eigenvalue weighted by atomic mass is 10.5. The van der Waals surface area contributed by atoms with E-state index >= 15 is 0 Å². The van der Waals surface area contributed by atoms with Gasteiger partial charge in [-0.15, -0.1) is 0 Å². The van der Waals surface area contributed by atoms with Crippen LogP contribution in [-0.2, 0) is 19.2 Å². The summed E-state index contributed by atoms with van der Waals surface area (Å²) in [6.07, 6.45) is 0. The zero-order valence-corrected chi connectivity index (χ0v) is 11.2. The summed E-state index contributed by atoms with van der Waals surface area (Å²) in [5, 5.41) is 0. The minimum Gasteiger partial charge on any atom is -0.286 e. The first-order valence-corrected chi connectivity index (χ1v) is 5.18. The van der Waals surface area contributed by atoms with Gasteiger partial charge in [0.05, 0.1) is 0 Å². The van der Waals surface area contributed by atoms with Crippen molar-refractivity contribution in [2.45, 2.75) is 49.5 Å². The van der Waals surface area contributed by atoms with Crippen LogP contribution in [0.2, 0.25) is 0 Å². The maximum Gasteiger partial charge on any atom is 0.226 e. The Morgan fingerprint density at radius 1 is 0.737 bits per heavy atom. The SMILES string of the molecule is C.C.CC(=O)N(C)C(C)=O.CCN(C(C)=O)C(C)=O. The topological polar surface area (TPSA) is 74.8 Å². The van der Waals surface area contributed by atoms with E-state index in [1.54, 1.807) is 6.92 Å². The van der Waals surface area contributed by atoms with Crippen molar-refractivity contribution in [2.75, 3.05) is 13.6 Å². The Hall–Kier alpha value is -1.72. The minimum absolute atomic E-state index is 0. The van der Waals surface area contributed by atoms with Gasteiger partial charge >= 0.3 is 0 Å². The van der Waals surface area contributed by atoms with E-state index in [1.165, 1.54) is 39.6 Å². The Bertz CT molecular complexity index is 286. The molecule has 0 unspecified atom stereocenters. The average molecular weight is 276 g/mol. The van der Waals surface area contributed by atoms with Gasteiger partial charge in [0, 0.05) is 41.3 Å². The monoisotopic (exact) mass is 276 g/mol. The minimum atomic E-state index is -0.225. The maximum atomic E-state index is 10.5. The van der Waals surface area contributed by atoms with Gasteiger partial charge in [0.15, 0.2) is 0 Å². The number of hydrogen-bond donors (Lipinski definition) is 0. The molecule has 0 heterocycles. The summed E-state index contributed by atoms with van der Waals surface area (Å²) in [4.78, 5) is 43.9. The molecule has 0 radical (unpaired) electrons. The zero-order chi connectivity index (χ0) is 14.2. The largest absolute Gasteiger partial charge is 0.286 e. The second kappa shape index (κ2) is 12.7. The fraction of sp³-hybridized carbons (Fsp3) is 0.692. The third kappa shape index (κ3) is 12.5. The summed E-state index contributed by atoms with van der Waals surface area (Å²) in [6, 6.07) is 0. The van der Waals surface area contributed by atoms with Crippen LogP contribution in [0.3, 0.4) is 0 Å². The highest BCUT2D eigenvalue weighted by atomic mass is 16.2. The molecule has 0 aromatic heterocycles. The Labute approximate surface area is 116 Å². The molecule has 0 spiro atoms. The van der Waals surface area contributed by atoms with Crippen molar-refractivity contribution in [1.29, 1.82) is 0 Å². The van der Waals surface area contributed by atoms with Gasteiger partial charge in [-0.2, -0.15) is 0 Å². The molecule has 19 heavy (non-hydrogen) atoms. The number of rotatable bonds is 1. The molecule has 0 aromatic carbocycles. The number of amides is 4. The van der Waals surface area contributed by atoms with Gasteiger partial charge in [-0.3, -0.25) is 29.0 Å². The Morgan fingerprint density at radius 3 is 1.00 bits per heavy atom. The maximum absolute atomic E-state index is 10.5. The first-order valence-electron chi connectivity index (χ1n) is 5.18. The molecule has 6 heteroatoms. The zero-order valence-electron chi connectivity index (χ0n) is 11.2. The van der Waals surface area contributed by atoms with Crippen molar-refractivity contribution in [2.24, 2.45) is 0 Å². The van der Waals surface area contributed by atoms with Crippen LogP contribution in [0.4, 0.5) is 0 Å². The summed E-state index contributed by atoms with van der Waals surface area (Å²) in [5.74, 6) is -0.829. The molecule has 4 amide bonds. The van der Waals surface area contributed by atoms with Gasteiger partial charge in [0.25, 0.3) is 0 Å². The van der Waals surface area contributed by atoms with Crippen molar-refractivity contribution < 1.29 is 19.2 Å². The fourth-order valence-electron chi connectivity index (χ4n) is 0.889. The number of imide groups is 2. The summed E-state index contributed by atoms with van der Waals surface area (Å²) in [5.41, 5.74) is 0. The van der Waals surface area contributed by atoms with Crippen molar-refractivity contribution in [3.8, 4) is 0 Å². The van der Waals surface area contributed by atoms with Gasteiger partial charge in [-0.05, 0) is 6.92 Å². The summed E-state index contributed by atoms with van der Waals surface area (Å²) >= 11 is 0. The van der Waals surface area contributed by atoms with Crippen LogP contribution in [0.1, 0.15) is 49.5 Å². The molecule has 0 aliphatic rings. The molecule has 0 atom stereocenters. The third-order valence-electron chi connectivity index (χ3n) is 2.02. The van der Waals surface area contributed by atoms with Crippen LogP contribution in [0, 0.1) is 0 Å². The molecular weight excluding hydrogens is 248 g/mol. The Kier molecular flexibility index (Phi) is 17.4. The van der Waals surface area contributed by atoms with Crippen molar-refractivity contribution in [3.63, 3.8) is 0 Å². The van der Waals surface area contributed by atoms with Gasteiger partial charge in [-0.1, -0.05) is 14.9 Å². The molecule has 6 nitrogen and oxygen atoms in total.